The molecule has 0 aliphatic heterocycles. The lowest BCUT2D eigenvalue weighted by molar-refractivity contribution is 0.229. The van der Waals surface area contributed by atoms with Crippen LogP contribution in [0.1, 0.15) is 41.0 Å². The predicted molar refractivity (Wildman–Crippen MR) is 77.7 cm³/mol. The molecule has 0 aromatic heterocycles. The number of rotatable bonds is 11. The van der Waals surface area contributed by atoms with Crippen LogP contribution in [0.15, 0.2) is 0 Å². The van der Waals surface area contributed by atoms with E-state index in [0.717, 1.165) is 13.1 Å². The fourth-order valence-corrected chi connectivity index (χ4v) is 2.24. The van der Waals surface area contributed by atoms with E-state index in [-0.39, 0.29) is 0 Å². The van der Waals surface area contributed by atoms with Gasteiger partial charge in [0.15, 0.2) is 0 Å². The molecule has 0 aromatic carbocycles. The first-order valence-electron chi connectivity index (χ1n) is 7.35. The monoisotopic (exact) mass is 243 g/mol. The van der Waals surface area contributed by atoms with Crippen molar-refractivity contribution < 1.29 is 0 Å². The Morgan fingerprint density at radius 2 is 1.41 bits per heavy atom. The molecule has 1 atom stereocenters. The van der Waals surface area contributed by atoms with Gasteiger partial charge in [0.2, 0.25) is 0 Å². The summed E-state index contributed by atoms with van der Waals surface area (Å²) in [5, 5.41) is 3.48. The summed E-state index contributed by atoms with van der Waals surface area (Å²) >= 11 is 0. The van der Waals surface area contributed by atoms with Crippen molar-refractivity contribution in [3.8, 4) is 0 Å². The maximum Gasteiger partial charge on any atom is 0.0166 e. The van der Waals surface area contributed by atoms with Crippen LogP contribution in [-0.2, 0) is 0 Å². The van der Waals surface area contributed by atoms with Crippen molar-refractivity contribution in [3.05, 3.63) is 0 Å². The van der Waals surface area contributed by atoms with Crippen molar-refractivity contribution >= 4 is 0 Å². The molecule has 0 aromatic rings. The van der Waals surface area contributed by atoms with E-state index in [1.165, 1.54) is 39.1 Å². The highest BCUT2D eigenvalue weighted by Crippen LogP contribution is 1.97. The Labute approximate surface area is 109 Å². The van der Waals surface area contributed by atoms with E-state index in [0.29, 0.717) is 6.04 Å². The molecule has 1 unspecified atom stereocenters. The molecule has 0 amide bonds. The van der Waals surface area contributed by atoms with Crippen LogP contribution in [0.25, 0.3) is 0 Å². The Bertz CT molecular complexity index is 158. The van der Waals surface area contributed by atoms with Gasteiger partial charge in [0.1, 0.15) is 0 Å². The molecule has 0 heterocycles. The molecule has 0 rings (SSSR count). The first-order valence-corrected chi connectivity index (χ1v) is 7.35. The fraction of sp³-hybridized carbons (Fsp3) is 1.00. The van der Waals surface area contributed by atoms with E-state index in [4.69, 9.17) is 0 Å². The molecule has 3 nitrogen and oxygen atoms in total. The molecular weight excluding hydrogens is 210 g/mol. The molecule has 0 bridgehead atoms. The van der Waals surface area contributed by atoms with E-state index in [9.17, 15) is 0 Å². The van der Waals surface area contributed by atoms with Crippen LogP contribution in [-0.4, -0.2) is 61.7 Å². The zero-order chi connectivity index (χ0) is 13.1. The maximum atomic E-state index is 3.48. The van der Waals surface area contributed by atoms with Crippen molar-refractivity contribution in [3.63, 3.8) is 0 Å². The highest BCUT2D eigenvalue weighted by Gasteiger charge is 2.08. The van der Waals surface area contributed by atoms with E-state index in [2.05, 4.69) is 49.7 Å². The lowest BCUT2D eigenvalue weighted by Crippen LogP contribution is -2.40. The summed E-state index contributed by atoms with van der Waals surface area (Å²) in [5.74, 6) is 0. The normalized spacial score (nSPS) is 13.6. The van der Waals surface area contributed by atoms with E-state index < -0.39 is 0 Å². The quantitative estimate of drug-likeness (QED) is 0.599. The fourth-order valence-electron chi connectivity index (χ4n) is 2.24. The van der Waals surface area contributed by atoms with Gasteiger partial charge in [-0.25, -0.2) is 0 Å². The van der Waals surface area contributed by atoms with Crippen LogP contribution in [0.5, 0.6) is 0 Å². The molecule has 3 heteroatoms. The van der Waals surface area contributed by atoms with Gasteiger partial charge in [0.25, 0.3) is 0 Å². The average molecular weight is 243 g/mol. The minimum Gasteiger partial charge on any atom is -0.313 e. The molecule has 1 N–H and O–H groups in total. The number of nitrogens with zero attached hydrogens (tertiary/aromatic N) is 2. The van der Waals surface area contributed by atoms with Crippen molar-refractivity contribution in [2.24, 2.45) is 0 Å². The minimum atomic E-state index is 0.605. The maximum absolute atomic E-state index is 3.48. The number of hydrogen-bond acceptors (Lipinski definition) is 3. The van der Waals surface area contributed by atoms with Crippen LogP contribution < -0.4 is 5.32 Å². The first-order chi connectivity index (χ1) is 8.17. The zero-order valence-corrected chi connectivity index (χ0v) is 12.6. The summed E-state index contributed by atoms with van der Waals surface area (Å²) in [6.45, 7) is 19.4. The van der Waals surface area contributed by atoms with Gasteiger partial charge in [-0.2, -0.15) is 0 Å². The molecule has 0 fully saturated rings. The topological polar surface area (TPSA) is 18.5 Å². The second kappa shape index (κ2) is 11.0. The van der Waals surface area contributed by atoms with Gasteiger partial charge in [0, 0.05) is 12.6 Å². The third kappa shape index (κ3) is 8.58. The van der Waals surface area contributed by atoms with Crippen LogP contribution >= 0.6 is 0 Å². The Morgan fingerprint density at radius 3 is 1.88 bits per heavy atom. The zero-order valence-electron chi connectivity index (χ0n) is 12.6. The van der Waals surface area contributed by atoms with Gasteiger partial charge in [0.05, 0.1) is 0 Å². The van der Waals surface area contributed by atoms with E-state index >= 15 is 0 Å². The lowest BCUT2D eigenvalue weighted by Gasteiger charge is -2.26. The van der Waals surface area contributed by atoms with Gasteiger partial charge < -0.3 is 15.1 Å². The van der Waals surface area contributed by atoms with Gasteiger partial charge in [-0.05, 0) is 52.6 Å². The summed E-state index contributed by atoms with van der Waals surface area (Å²) in [7, 11) is 0. The summed E-state index contributed by atoms with van der Waals surface area (Å²) in [6, 6.07) is 0.605. The molecule has 17 heavy (non-hydrogen) atoms. The van der Waals surface area contributed by atoms with Gasteiger partial charge in [-0.1, -0.05) is 27.7 Å². The third-order valence-electron chi connectivity index (χ3n) is 3.37. The average Bonchev–Trinajstić information content (AvgIpc) is 2.33. The summed E-state index contributed by atoms with van der Waals surface area (Å²) < 4.78 is 0. The van der Waals surface area contributed by atoms with Crippen molar-refractivity contribution in [2.75, 3.05) is 45.8 Å². The summed E-state index contributed by atoms with van der Waals surface area (Å²) in [5.41, 5.74) is 0. The molecular formula is C14H33N3. The van der Waals surface area contributed by atoms with Crippen molar-refractivity contribution in [1.29, 1.82) is 0 Å². The van der Waals surface area contributed by atoms with E-state index in [1.54, 1.807) is 0 Å². The van der Waals surface area contributed by atoms with Crippen LogP contribution in [0, 0.1) is 0 Å². The molecule has 0 saturated heterocycles. The molecule has 0 spiro atoms. The molecule has 104 valence electrons. The standard InChI is InChI=1S/C14H33N3/c1-6-15-14(5)13-17(9-4)12-10-11-16(7-2)8-3/h14-15H,6-13H2,1-5H3. The second-order valence-electron chi connectivity index (χ2n) is 4.73. The van der Waals surface area contributed by atoms with Gasteiger partial charge >= 0.3 is 0 Å². The number of nitrogens with one attached hydrogen (secondary N) is 1. The Hall–Kier alpha value is -0.120. The lowest BCUT2D eigenvalue weighted by atomic mass is 10.2. The number of likely N-dealkylation sites (N-methyl/N-ethyl adjacent to an activating group) is 2. The summed E-state index contributed by atoms with van der Waals surface area (Å²) in [4.78, 5) is 5.05. The minimum absolute atomic E-state index is 0.605. The SMILES string of the molecule is CCNC(C)CN(CC)CCCN(CC)CC. The first kappa shape index (κ1) is 16.9. The van der Waals surface area contributed by atoms with Crippen LogP contribution in [0.2, 0.25) is 0 Å². The molecule has 0 aliphatic rings. The molecule has 0 aliphatic carbocycles. The summed E-state index contributed by atoms with van der Waals surface area (Å²) in [6.07, 6.45) is 1.29. The van der Waals surface area contributed by atoms with Crippen molar-refractivity contribution in [1.82, 2.24) is 15.1 Å². The van der Waals surface area contributed by atoms with Gasteiger partial charge in [-0.3, -0.25) is 0 Å². The highest BCUT2D eigenvalue weighted by molar-refractivity contribution is 4.67. The van der Waals surface area contributed by atoms with Crippen LogP contribution in [0.4, 0.5) is 0 Å². The second-order valence-corrected chi connectivity index (χ2v) is 4.73. The molecule has 0 radical (unpaired) electrons. The number of hydrogen-bond donors (Lipinski definition) is 1. The highest BCUT2D eigenvalue weighted by atomic mass is 15.2. The Morgan fingerprint density at radius 1 is 0.882 bits per heavy atom. The third-order valence-corrected chi connectivity index (χ3v) is 3.37. The smallest absolute Gasteiger partial charge is 0.0166 e. The Balaban J connectivity index is 3.73. The van der Waals surface area contributed by atoms with Gasteiger partial charge in [-0.15, -0.1) is 0 Å². The van der Waals surface area contributed by atoms with Crippen molar-refractivity contribution in [2.45, 2.75) is 47.1 Å². The predicted octanol–water partition coefficient (Wildman–Crippen LogP) is 2.04. The largest absolute Gasteiger partial charge is 0.313 e. The van der Waals surface area contributed by atoms with Crippen LogP contribution in [0.3, 0.4) is 0 Å². The Kier molecular flexibility index (Phi) is 10.9. The molecule has 0 saturated carbocycles. The van der Waals surface area contributed by atoms with E-state index in [1.807, 2.05) is 0 Å².